The lowest BCUT2D eigenvalue weighted by atomic mass is 10.1. The molecule has 0 aliphatic heterocycles. The van der Waals surface area contributed by atoms with E-state index in [0.29, 0.717) is 0 Å². The van der Waals surface area contributed by atoms with Crippen molar-refractivity contribution in [3.8, 4) is 5.95 Å². The van der Waals surface area contributed by atoms with Crippen molar-refractivity contribution in [3.63, 3.8) is 0 Å². The zero-order valence-electron chi connectivity index (χ0n) is 17.5. The van der Waals surface area contributed by atoms with Gasteiger partial charge in [0.1, 0.15) is 6.33 Å². The highest BCUT2D eigenvalue weighted by molar-refractivity contribution is 6.31. The first kappa shape index (κ1) is 24.1. The molecule has 0 saturated carbocycles. The number of alkyl halides is 3. The molecule has 1 aromatic carbocycles. The minimum Gasteiger partial charge on any atom is -0.355 e. The van der Waals surface area contributed by atoms with Gasteiger partial charge in [-0.3, -0.25) is 9.59 Å². The summed E-state index contributed by atoms with van der Waals surface area (Å²) in [7, 11) is 0. The summed E-state index contributed by atoms with van der Waals surface area (Å²) < 4.78 is 41.1. The number of rotatable bonds is 7. The fraction of sp³-hybridized carbons (Fsp3) is 0.300. The third kappa shape index (κ3) is 5.83. The quantitative estimate of drug-likeness (QED) is 0.556. The molecule has 0 aliphatic carbocycles. The first-order chi connectivity index (χ1) is 15.6. The molecule has 2 aromatic heterocycles. The van der Waals surface area contributed by atoms with E-state index in [1.165, 1.54) is 35.2 Å². The van der Waals surface area contributed by atoms with Crippen molar-refractivity contribution in [1.29, 1.82) is 0 Å². The molecule has 0 spiro atoms. The molecule has 2 amide bonds. The molecule has 1 N–H and O–H groups in total. The van der Waals surface area contributed by atoms with Crippen LogP contribution in [-0.2, 0) is 11.0 Å². The highest BCUT2D eigenvalue weighted by Crippen LogP contribution is 2.33. The molecule has 9 nitrogen and oxygen atoms in total. The van der Waals surface area contributed by atoms with Gasteiger partial charge < -0.3 is 10.2 Å². The van der Waals surface area contributed by atoms with Gasteiger partial charge in [0.2, 0.25) is 5.91 Å². The second kappa shape index (κ2) is 9.94. The minimum atomic E-state index is -4.68. The van der Waals surface area contributed by atoms with Crippen molar-refractivity contribution in [1.82, 2.24) is 34.9 Å². The second-order valence-corrected chi connectivity index (χ2v) is 7.40. The third-order valence-corrected chi connectivity index (χ3v) is 4.83. The summed E-state index contributed by atoms with van der Waals surface area (Å²) in [5.41, 5.74) is -1.31. The molecule has 3 aromatic rings. The van der Waals surface area contributed by atoms with Crippen molar-refractivity contribution < 1.29 is 22.8 Å². The van der Waals surface area contributed by atoms with E-state index >= 15 is 0 Å². The lowest BCUT2D eigenvalue weighted by Gasteiger charge is -2.29. The SMILES string of the molecule is CC(=O)NCCN(C(=O)c1cc(Cl)cc(C(F)(F)F)c1)C(C)c1ncnn1-c1ncccn1. The largest absolute Gasteiger partial charge is 0.416 e. The van der Waals surface area contributed by atoms with E-state index < -0.39 is 23.7 Å². The van der Waals surface area contributed by atoms with Gasteiger partial charge >= 0.3 is 6.18 Å². The molecule has 3 rings (SSSR count). The second-order valence-electron chi connectivity index (χ2n) is 6.96. The maximum Gasteiger partial charge on any atom is 0.416 e. The van der Waals surface area contributed by atoms with E-state index in [0.717, 1.165) is 18.2 Å². The molecule has 1 atom stereocenters. The van der Waals surface area contributed by atoms with E-state index in [2.05, 4.69) is 25.4 Å². The average Bonchev–Trinajstić information content (AvgIpc) is 3.25. The maximum atomic E-state index is 13.3. The first-order valence-electron chi connectivity index (χ1n) is 9.68. The number of amides is 2. The van der Waals surface area contributed by atoms with Crippen LogP contribution in [0.2, 0.25) is 5.02 Å². The van der Waals surface area contributed by atoms with Crippen LogP contribution in [0.3, 0.4) is 0 Å². The smallest absolute Gasteiger partial charge is 0.355 e. The lowest BCUT2D eigenvalue weighted by molar-refractivity contribution is -0.137. The van der Waals surface area contributed by atoms with Gasteiger partial charge in [0.25, 0.3) is 11.9 Å². The van der Waals surface area contributed by atoms with E-state index in [9.17, 15) is 22.8 Å². The molecule has 0 aliphatic rings. The summed E-state index contributed by atoms with van der Waals surface area (Å²) >= 11 is 5.86. The van der Waals surface area contributed by atoms with Crippen molar-refractivity contribution >= 4 is 23.4 Å². The molecule has 0 fully saturated rings. The van der Waals surface area contributed by atoms with Gasteiger partial charge in [-0.25, -0.2) is 15.0 Å². The maximum absolute atomic E-state index is 13.3. The summed E-state index contributed by atoms with van der Waals surface area (Å²) in [5.74, 6) is -0.578. The van der Waals surface area contributed by atoms with E-state index in [1.54, 1.807) is 13.0 Å². The van der Waals surface area contributed by atoms with Gasteiger partial charge in [0.05, 0.1) is 11.6 Å². The number of benzene rings is 1. The van der Waals surface area contributed by atoms with Gasteiger partial charge in [-0.05, 0) is 31.2 Å². The van der Waals surface area contributed by atoms with Gasteiger partial charge in [-0.1, -0.05) is 11.6 Å². The minimum absolute atomic E-state index is 0.0179. The zero-order valence-corrected chi connectivity index (χ0v) is 18.3. The Hall–Kier alpha value is -3.54. The summed E-state index contributed by atoms with van der Waals surface area (Å²) in [5, 5.41) is 6.43. The Labute approximate surface area is 191 Å². The van der Waals surface area contributed by atoms with Crippen molar-refractivity contribution in [2.24, 2.45) is 0 Å². The number of halogens is 4. The van der Waals surface area contributed by atoms with Crippen LogP contribution in [0.15, 0.2) is 43.0 Å². The summed E-state index contributed by atoms with van der Waals surface area (Å²) in [4.78, 5) is 38.3. The summed E-state index contributed by atoms with van der Waals surface area (Å²) in [6.45, 7) is 2.99. The first-order valence-corrected chi connectivity index (χ1v) is 10.1. The molecule has 13 heteroatoms. The summed E-state index contributed by atoms with van der Waals surface area (Å²) in [6.07, 6.45) is -0.428. The fourth-order valence-electron chi connectivity index (χ4n) is 3.10. The summed E-state index contributed by atoms with van der Waals surface area (Å²) in [6, 6.07) is 3.47. The number of nitrogens with zero attached hydrogens (tertiary/aromatic N) is 6. The average molecular weight is 482 g/mol. The number of carbonyl (C=O) groups is 2. The monoisotopic (exact) mass is 481 g/mol. The van der Waals surface area contributed by atoms with Crippen LogP contribution in [0.25, 0.3) is 5.95 Å². The standard InChI is InChI=1S/C20H19ClF3N7O2/c1-12(17-28-11-29-31(17)19-26-4-3-5-27-19)30(7-6-25-13(2)32)18(33)14-8-15(20(22,23)24)10-16(21)9-14/h3-5,8-12H,6-7H2,1-2H3,(H,25,32). The molecule has 0 radical (unpaired) electrons. The van der Waals surface area contributed by atoms with Crippen LogP contribution in [0, 0.1) is 0 Å². The van der Waals surface area contributed by atoms with Crippen molar-refractivity contribution in [2.75, 3.05) is 13.1 Å². The van der Waals surface area contributed by atoms with Crippen molar-refractivity contribution in [2.45, 2.75) is 26.1 Å². The van der Waals surface area contributed by atoms with Gasteiger partial charge in [-0.2, -0.15) is 23.0 Å². The Morgan fingerprint density at radius 3 is 2.52 bits per heavy atom. The van der Waals surface area contributed by atoms with Crippen molar-refractivity contribution in [3.05, 3.63) is 65.0 Å². The van der Waals surface area contributed by atoms with Crippen LogP contribution in [0.4, 0.5) is 13.2 Å². The molecule has 1 unspecified atom stereocenters. The number of aromatic nitrogens is 5. The highest BCUT2D eigenvalue weighted by atomic mass is 35.5. The van der Waals surface area contributed by atoms with Gasteiger partial charge in [0.15, 0.2) is 5.82 Å². The topological polar surface area (TPSA) is 106 Å². The number of hydrogen-bond acceptors (Lipinski definition) is 6. The number of nitrogens with one attached hydrogen (secondary N) is 1. The van der Waals surface area contributed by atoms with Crippen LogP contribution < -0.4 is 5.32 Å². The molecule has 0 bridgehead atoms. The van der Waals surface area contributed by atoms with Crippen LogP contribution in [-0.4, -0.2) is 54.5 Å². The Morgan fingerprint density at radius 2 is 1.88 bits per heavy atom. The van der Waals surface area contributed by atoms with Crippen LogP contribution >= 0.6 is 11.6 Å². The predicted molar refractivity (Wildman–Crippen MR) is 112 cm³/mol. The molecule has 174 valence electrons. The van der Waals surface area contributed by atoms with Crippen LogP contribution in [0.5, 0.6) is 0 Å². The Bertz CT molecular complexity index is 1140. The molecular formula is C20H19ClF3N7O2. The van der Waals surface area contributed by atoms with E-state index in [-0.39, 0.29) is 41.4 Å². The van der Waals surface area contributed by atoms with E-state index in [4.69, 9.17) is 11.6 Å². The molecule has 2 heterocycles. The molecular weight excluding hydrogens is 463 g/mol. The lowest BCUT2D eigenvalue weighted by Crippen LogP contribution is -2.40. The van der Waals surface area contributed by atoms with Gasteiger partial charge in [0, 0.05) is 43.0 Å². The number of carbonyl (C=O) groups excluding carboxylic acids is 2. The normalized spacial score (nSPS) is 12.3. The molecule has 33 heavy (non-hydrogen) atoms. The van der Waals surface area contributed by atoms with Gasteiger partial charge in [-0.15, -0.1) is 0 Å². The number of hydrogen-bond donors (Lipinski definition) is 1. The predicted octanol–water partition coefficient (Wildman–Crippen LogP) is 3.07. The van der Waals surface area contributed by atoms with E-state index in [1.807, 2.05) is 0 Å². The third-order valence-electron chi connectivity index (χ3n) is 4.62. The Morgan fingerprint density at radius 1 is 1.18 bits per heavy atom. The fourth-order valence-corrected chi connectivity index (χ4v) is 3.33. The Kier molecular flexibility index (Phi) is 7.26. The highest BCUT2D eigenvalue weighted by Gasteiger charge is 2.33. The zero-order chi connectivity index (χ0) is 24.2. The van der Waals surface area contributed by atoms with Crippen LogP contribution in [0.1, 0.15) is 41.6 Å². The molecule has 0 saturated heterocycles. The Balaban J connectivity index is 1.99.